The van der Waals surface area contributed by atoms with E-state index in [-0.39, 0.29) is 5.75 Å². The summed E-state index contributed by atoms with van der Waals surface area (Å²) < 4.78 is 29.0. The Morgan fingerprint density at radius 2 is 1.77 bits per heavy atom. The standard InChI is InChI=1S/C8H19NO3S/c1-2-9-7-5-3-4-6-8-13(10,11)12/h9H,2-8H2,1H3,(H,10,11,12). The highest BCUT2D eigenvalue weighted by molar-refractivity contribution is 7.85. The van der Waals surface area contributed by atoms with Gasteiger partial charge in [-0.1, -0.05) is 19.8 Å². The zero-order valence-corrected chi connectivity index (χ0v) is 8.94. The molecular formula is C8H19NO3S. The van der Waals surface area contributed by atoms with Crippen LogP contribution in [0.4, 0.5) is 0 Å². The summed E-state index contributed by atoms with van der Waals surface area (Å²) in [5.74, 6) is -0.103. The Balaban J connectivity index is 3.09. The van der Waals surface area contributed by atoms with Gasteiger partial charge in [0, 0.05) is 0 Å². The molecule has 5 heteroatoms. The number of hydrogen-bond acceptors (Lipinski definition) is 3. The van der Waals surface area contributed by atoms with Crippen LogP contribution in [-0.2, 0) is 10.1 Å². The third-order valence-corrected chi connectivity index (χ3v) is 2.56. The minimum Gasteiger partial charge on any atom is -0.317 e. The molecule has 4 nitrogen and oxygen atoms in total. The summed E-state index contributed by atoms with van der Waals surface area (Å²) in [6.07, 6.45) is 3.51. The molecule has 0 aromatic heterocycles. The molecule has 0 saturated heterocycles. The zero-order valence-electron chi connectivity index (χ0n) is 8.12. The largest absolute Gasteiger partial charge is 0.317 e. The molecule has 0 spiro atoms. The summed E-state index contributed by atoms with van der Waals surface area (Å²) in [6, 6.07) is 0. The Morgan fingerprint density at radius 1 is 1.15 bits per heavy atom. The average Bonchev–Trinajstić information content (AvgIpc) is 2.01. The first-order valence-corrected chi connectivity index (χ1v) is 6.33. The summed E-state index contributed by atoms with van der Waals surface area (Å²) in [6.45, 7) is 4.02. The van der Waals surface area contributed by atoms with Crippen molar-refractivity contribution >= 4 is 10.1 Å². The van der Waals surface area contributed by atoms with E-state index in [0.29, 0.717) is 6.42 Å². The third-order valence-electron chi connectivity index (χ3n) is 1.76. The fraction of sp³-hybridized carbons (Fsp3) is 1.00. The van der Waals surface area contributed by atoms with Crippen molar-refractivity contribution in [3.05, 3.63) is 0 Å². The van der Waals surface area contributed by atoms with E-state index in [1.54, 1.807) is 0 Å². The van der Waals surface area contributed by atoms with Crippen LogP contribution < -0.4 is 5.32 Å². The lowest BCUT2D eigenvalue weighted by Crippen LogP contribution is -2.13. The van der Waals surface area contributed by atoms with Crippen LogP contribution in [0.2, 0.25) is 0 Å². The highest BCUT2D eigenvalue weighted by Gasteiger charge is 2.02. The molecule has 13 heavy (non-hydrogen) atoms. The van der Waals surface area contributed by atoms with Gasteiger partial charge in [-0.2, -0.15) is 8.42 Å². The first-order chi connectivity index (χ1) is 6.06. The van der Waals surface area contributed by atoms with Crippen LogP contribution in [-0.4, -0.2) is 31.8 Å². The van der Waals surface area contributed by atoms with E-state index in [9.17, 15) is 8.42 Å². The molecule has 80 valence electrons. The van der Waals surface area contributed by atoms with Crippen molar-refractivity contribution in [2.45, 2.75) is 32.6 Å². The fourth-order valence-electron chi connectivity index (χ4n) is 1.06. The first-order valence-electron chi connectivity index (χ1n) is 4.72. The summed E-state index contributed by atoms with van der Waals surface area (Å²) in [7, 11) is -3.74. The maximum absolute atomic E-state index is 10.3. The monoisotopic (exact) mass is 209 g/mol. The van der Waals surface area contributed by atoms with Crippen LogP contribution in [0, 0.1) is 0 Å². The normalized spacial score (nSPS) is 11.8. The summed E-state index contributed by atoms with van der Waals surface area (Å²) in [4.78, 5) is 0. The number of rotatable bonds is 8. The van der Waals surface area contributed by atoms with Gasteiger partial charge in [0.15, 0.2) is 0 Å². The van der Waals surface area contributed by atoms with Crippen LogP contribution in [0.3, 0.4) is 0 Å². The maximum atomic E-state index is 10.3. The van der Waals surface area contributed by atoms with Crippen LogP contribution >= 0.6 is 0 Å². The maximum Gasteiger partial charge on any atom is 0.264 e. The molecule has 0 heterocycles. The third kappa shape index (κ3) is 11.9. The molecule has 2 N–H and O–H groups in total. The van der Waals surface area contributed by atoms with E-state index in [1.807, 2.05) is 0 Å². The summed E-state index contributed by atoms with van der Waals surface area (Å²) >= 11 is 0. The van der Waals surface area contributed by atoms with Crippen molar-refractivity contribution in [1.29, 1.82) is 0 Å². The topological polar surface area (TPSA) is 66.4 Å². The van der Waals surface area contributed by atoms with Crippen LogP contribution in [0.1, 0.15) is 32.6 Å². The van der Waals surface area contributed by atoms with Crippen molar-refractivity contribution in [2.75, 3.05) is 18.8 Å². The number of nitrogens with one attached hydrogen (secondary N) is 1. The van der Waals surface area contributed by atoms with Crippen molar-refractivity contribution in [1.82, 2.24) is 5.32 Å². The highest BCUT2D eigenvalue weighted by Crippen LogP contribution is 2.00. The molecule has 0 saturated carbocycles. The molecule has 0 atom stereocenters. The van der Waals surface area contributed by atoms with Gasteiger partial charge in [0.2, 0.25) is 0 Å². The van der Waals surface area contributed by atoms with Gasteiger partial charge in [0.1, 0.15) is 0 Å². The van der Waals surface area contributed by atoms with Gasteiger partial charge in [0.05, 0.1) is 5.75 Å². The van der Waals surface area contributed by atoms with Gasteiger partial charge < -0.3 is 5.32 Å². The summed E-state index contributed by atoms with van der Waals surface area (Å²) in [5.41, 5.74) is 0. The molecule has 0 unspecified atom stereocenters. The lowest BCUT2D eigenvalue weighted by Gasteiger charge is -2.00. The van der Waals surface area contributed by atoms with Crippen molar-refractivity contribution in [3.8, 4) is 0 Å². The second-order valence-corrected chi connectivity index (χ2v) is 4.63. The smallest absolute Gasteiger partial charge is 0.264 e. The van der Waals surface area contributed by atoms with E-state index < -0.39 is 10.1 Å². The number of hydrogen-bond donors (Lipinski definition) is 2. The first kappa shape index (κ1) is 12.9. The second-order valence-electron chi connectivity index (χ2n) is 3.05. The van der Waals surface area contributed by atoms with E-state index in [1.165, 1.54) is 0 Å². The van der Waals surface area contributed by atoms with Crippen LogP contribution in [0.25, 0.3) is 0 Å². The lowest BCUT2D eigenvalue weighted by molar-refractivity contribution is 0.479. The molecule has 0 aliphatic heterocycles. The summed E-state index contributed by atoms with van der Waals surface area (Å²) in [5, 5.41) is 3.19. The van der Waals surface area contributed by atoms with Crippen molar-refractivity contribution in [2.24, 2.45) is 0 Å². The lowest BCUT2D eigenvalue weighted by atomic mass is 10.2. The Labute approximate surface area is 80.5 Å². The average molecular weight is 209 g/mol. The molecule has 0 aliphatic rings. The van der Waals surface area contributed by atoms with Gasteiger partial charge >= 0.3 is 0 Å². The van der Waals surface area contributed by atoms with E-state index in [0.717, 1.165) is 32.4 Å². The van der Waals surface area contributed by atoms with E-state index >= 15 is 0 Å². The molecule has 0 aromatic carbocycles. The quantitative estimate of drug-likeness (QED) is 0.463. The number of unbranched alkanes of at least 4 members (excludes halogenated alkanes) is 3. The van der Waals surface area contributed by atoms with Gasteiger partial charge in [-0.3, -0.25) is 4.55 Å². The van der Waals surface area contributed by atoms with Crippen molar-refractivity contribution in [3.63, 3.8) is 0 Å². The molecule has 0 radical (unpaired) electrons. The van der Waals surface area contributed by atoms with E-state index in [4.69, 9.17) is 4.55 Å². The molecule has 0 aliphatic carbocycles. The Morgan fingerprint density at radius 3 is 2.31 bits per heavy atom. The molecular weight excluding hydrogens is 190 g/mol. The Hall–Kier alpha value is -0.130. The van der Waals surface area contributed by atoms with Gasteiger partial charge in [-0.15, -0.1) is 0 Å². The predicted octanol–water partition coefficient (Wildman–Crippen LogP) is 1.04. The van der Waals surface area contributed by atoms with Gasteiger partial charge in [0.25, 0.3) is 10.1 Å². The molecule has 0 fully saturated rings. The van der Waals surface area contributed by atoms with Crippen molar-refractivity contribution < 1.29 is 13.0 Å². The van der Waals surface area contributed by atoms with Gasteiger partial charge in [-0.25, -0.2) is 0 Å². The SMILES string of the molecule is CCNCCCCCCS(=O)(=O)O. The predicted molar refractivity (Wildman–Crippen MR) is 53.4 cm³/mol. The van der Waals surface area contributed by atoms with Crippen LogP contribution in [0.15, 0.2) is 0 Å². The zero-order chi connectivity index (χ0) is 10.2. The minimum absolute atomic E-state index is 0.103. The molecule has 0 bridgehead atoms. The fourth-order valence-corrected chi connectivity index (χ4v) is 1.63. The van der Waals surface area contributed by atoms with Gasteiger partial charge in [-0.05, 0) is 25.9 Å². The second kappa shape index (κ2) is 7.29. The highest BCUT2D eigenvalue weighted by atomic mass is 32.2. The van der Waals surface area contributed by atoms with Crippen LogP contribution in [0.5, 0.6) is 0 Å². The molecule has 0 aromatic rings. The Kier molecular flexibility index (Phi) is 7.22. The minimum atomic E-state index is -3.74. The molecule has 0 amide bonds. The van der Waals surface area contributed by atoms with E-state index in [2.05, 4.69) is 12.2 Å². The Bertz CT molecular complexity index is 201. The molecule has 0 rings (SSSR count).